The van der Waals surface area contributed by atoms with Gasteiger partial charge in [-0.3, -0.25) is 4.79 Å². The highest BCUT2D eigenvalue weighted by Crippen LogP contribution is 2.68. The minimum atomic E-state index is -1.50. The minimum Gasteiger partial charge on any atom is -0.497 e. The van der Waals surface area contributed by atoms with Gasteiger partial charge in [-0.15, -0.1) is 0 Å². The maximum atomic E-state index is 12.7. The van der Waals surface area contributed by atoms with Crippen LogP contribution in [0.4, 0.5) is 0 Å². The number of nitrogens with zero attached hydrogens (tertiary/aromatic N) is 1. The summed E-state index contributed by atoms with van der Waals surface area (Å²) in [5, 5.41) is 20.4. The fourth-order valence-corrected chi connectivity index (χ4v) is 5.11. The van der Waals surface area contributed by atoms with Crippen molar-refractivity contribution >= 4 is 11.9 Å². The number of carboxylic acid groups (broad SMARTS) is 2. The molecule has 1 aliphatic heterocycles. The Labute approximate surface area is 152 Å². The van der Waals surface area contributed by atoms with Crippen molar-refractivity contribution < 1.29 is 24.5 Å². The van der Waals surface area contributed by atoms with Gasteiger partial charge < -0.3 is 19.8 Å². The van der Waals surface area contributed by atoms with E-state index in [9.17, 15) is 19.8 Å². The van der Waals surface area contributed by atoms with Crippen molar-refractivity contribution in [2.45, 2.75) is 32.1 Å². The van der Waals surface area contributed by atoms with E-state index in [2.05, 4.69) is 6.58 Å². The van der Waals surface area contributed by atoms with E-state index in [1.807, 2.05) is 13.0 Å². The molecule has 0 saturated carbocycles. The lowest BCUT2D eigenvalue weighted by Gasteiger charge is -2.52. The first kappa shape index (κ1) is 18.0. The molecule has 0 spiro atoms. The number of hydrogen-bond donors (Lipinski definition) is 2. The average molecular weight is 357 g/mol. The molecule has 3 rings (SSSR count). The Hall–Kier alpha value is -2.76. The van der Waals surface area contributed by atoms with E-state index in [1.54, 1.807) is 37.9 Å². The number of hydrogen-bond acceptors (Lipinski definition) is 4. The Kier molecular flexibility index (Phi) is 3.72. The minimum absolute atomic E-state index is 0.0775. The SMILES string of the molecule is C=C1N(C)C(C)=C(C(=O)O)C2(C)c3cc(OC)ccc3C(C)C12C(=O)O. The van der Waals surface area contributed by atoms with Gasteiger partial charge in [0.25, 0.3) is 0 Å². The summed E-state index contributed by atoms with van der Waals surface area (Å²) in [7, 11) is 3.20. The topological polar surface area (TPSA) is 87.1 Å². The van der Waals surface area contributed by atoms with Crippen molar-refractivity contribution in [2.24, 2.45) is 5.41 Å². The van der Waals surface area contributed by atoms with Crippen LogP contribution < -0.4 is 4.74 Å². The Morgan fingerprint density at radius 2 is 1.92 bits per heavy atom. The van der Waals surface area contributed by atoms with Crippen molar-refractivity contribution in [1.82, 2.24) is 4.90 Å². The molecule has 2 aliphatic rings. The molecule has 26 heavy (non-hydrogen) atoms. The third-order valence-corrected chi connectivity index (χ3v) is 6.48. The number of carbonyl (C=O) groups is 2. The van der Waals surface area contributed by atoms with E-state index < -0.39 is 28.7 Å². The van der Waals surface area contributed by atoms with Crippen LogP contribution in [0.15, 0.2) is 41.7 Å². The summed E-state index contributed by atoms with van der Waals surface area (Å²) in [5.74, 6) is -2.10. The lowest BCUT2D eigenvalue weighted by Crippen LogP contribution is -2.57. The van der Waals surface area contributed by atoms with Crippen LogP contribution in [-0.2, 0) is 15.0 Å². The van der Waals surface area contributed by atoms with Crippen LogP contribution in [0.5, 0.6) is 5.75 Å². The number of aliphatic carboxylic acids is 2. The molecule has 6 heteroatoms. The number of allylic oxidation sites excluding steroid dienone is 1. The van der Waals surface area contributed by atoms with Crippen LogP contribution in [0.1, 0.15) is 37.8 Å². The van der Waals surface area contributed by atoms with Crippen LogP contribution in [0.3, 0.4) is 0 Å². The summed E-state index contributed by atoms with van der Waals surface area (Å²) < 4.78 is 5.32. The number of rotatable bonds is 3. The molecule has 1 aromatic carbocycles. The molecular formula is C20H23NO5. The smallest absolute Gasteiger partial charge is 0.334 e. The predicted octanol–water partition coefficient (Wildman–Crippen LogP) is 2.96. The molecule has 0 radical (unpaired) electrons. The first-order valence-corrected chi connectivity index (χ1v) is 8.36. The second-order valence-corrected chi connectivity index (χ2v) is 7.18. The largest absolute Gasteiger partial charge is 0.497 e. The zero-order chi connectivity index (χ0) is 19.6. The molecular weight excluding hydrogens is 334 g/mol. The molecule has 138 valence electrons. The van der Waals surface area contributed by atoms with Gasteiger partial charge in [0.2, 0.25) is 0 Å². The number of fused-ring (bicyclic) bond motifs is 3. The van der Waals surface area contributed by atoms with Crippen LogP contribution in [-0.4, -0.2) is 41.2 Å². The van der Waals surface area contributed by atoms with Crippen molar-refractivity contribution in [3.8, 4) is 5.75 Å². The lowest BCUT2D eigenvalue weighted by atomic mass is 9.54. The molecule has 0 bridgehead atoms. The van der Waals surface area contributed by atoms with Gasteiger partial charge in [-0.25, -0.2) is 4.79 Å². The van der Waals surface area contributed by atoms with Gasteiger partial charge in [0.05, 0.1) is 12.7 Å². The molecule has 0 fully saturated rings. The zero-order valence-electron chi connectivity index (χ0n) is 15.6. The van der Waals surface area contributed by atoms with Gasteiger partial charge in [0, 0.05) is 29.8 Å². The van der Waals surface area contributed by atoms with E-state index in [4.69, 9.17) is 4.74 Å². The highest BCUT2D eigenvalue weighted by atomic mass is 16.5. The molecule has 1 aromatic rings. The second-order valence-electron chi connectivity index (χ2n) is 7.18. The van der Waals surface area contributed by atoms with E-state index in [1.165, 1.54) is 7.11 Å². The first-order chi connectivity index (χ1) is 12.1. The van der Waals surface area contributed by atoms with Crippen LogP contribution in [0.2, 0.25) is 0 Å². The van der Waals surface area contributed by atoms with Crippen molar-refractivity contribution in [2.75, 3.05) is 14.2 Å². The first-order valence-electron chi connectivity index (χ1n) is 8.36. The fraction of sp³-hybridized carbons (Fsp3) is 0.400. The fourth-order valence-electron chi connectivity index (χ4n) is 5.11. The highest BCUT2D eigenvalue weighted by Gasteiger charge is 2.70. The van der Waals surface area contributed by atoms with Crippen molar-refractivity contribution in [3.63, 3.8) is 0 Å². The summed E-state index contributed by atoms with van der Waals surface area (Å²) in [5.41, 5.74) is -0.349. The highest BCUT2D eigenvalue weighted by molar-refractivity contribution is 5.98. The quantitative estimate of drug-likeness (QED) is 0.865. The summed E-state index contributed by atoms with van der Waals surface area (Å²) in [6.45, 7) is 9.30. The maximum Gasteiger partial charge on any atom is 0.334 e. The summed E-state index contributed by atoms with van der Waals surface area (Å²) in [6.07, 6.45) is 0. The van der Waals surface area contributed by atoms with Gasteiger partial charge in [-0.2, -0.15) is 0 Å². The molecule has 1 aliphatic carbocycles. The van der Waals surface area contributed by atoms with Gasteiger partial charge in [0.15, 0.2) is 0 Å². The van der Waals surface area contributed by atoms with Gasteiger partial charge in [0.1, 0.15) is 11.2 Å². The molecule has 3 unspecified atom stereocenters. The van der Waals surface area contributed by atoms with E-state index in [-0.39, 0.29) is 5.57 Å². The average Bonchev–Trinajstić information content (AvgIpc) is 2.78. The third kappa shape index (κ3) is 1.71. The molecule has 2 N–H and O–H groups in total. The zero-order valence-corrected chi connectivity index (χ0v) is 15.6. The number of methoxy groups -OCH3 is 1. The monoisotopic (exact) mass is 357 g/mol. The molecule has 0 amide bonds. The van der Waals surface area contributed by atoms with Crippen LogP contribution in [0, 0.1) is 5.41 Å². The standard InChI is InChI=1S/C20H23NO5/c1-10-14-8-7-13(26-6)9-15(14)19(4)16(17(22)23)11(2)21(5)12(3)20(10,19)18(24)25/h7-10H,3H2,1-2,4-6H3,(H,22,23)(H,24,25). The summed E-state index contributed by atoms with van der Waals surface area (Å²) in [6, 6.07) is 5.36. The Balaban J connectivity index is 2.53. The van der Waals surface area contributed by atoms with Crippen LogP contribution >= 0.6 is 0 Å². The lowest BCUT2D eigenvalue weighted by molar-refractivity contribution is -0.152. The van der Waals surface area contributed by atoms with E-state index >= 15 is 0 Å². The second kappa shape index (κ2) is 5.37. The van der Waals surface area contributed by atoms with E-state index in [0.717, 1.165) is 5.56 Å². The van der Waals surface area contributed by atoms with Gasteiger partial charge >= 0.3 is 11.9 Å². The molecule has 0 saturated heterocycles. The molecule has 0 aromatic heterocycles. The Bertz CT molecular complexity index is 886. The number of ether oxygens (including phenoxy) is 1. The normalized spacial score (nSPS) is 30.1. The maximum absolute atomic E-state index is 12.7. The third-order valence-electron chi connectivity index (χ3n) is 6.48. The van der Waals surface area contributed by atoms with E-state index in [0.29, 0.717) is 22.7 Å². The van der Waals surface area contributed by atoms with Crippen molar-refractivity contribution in [3.05, 3.63) is 52.9 Å². The Morgan fingerprint density at radius 1 is 1.31 bits per heavy atom. The molecule has 6 nitrogen and oxygen atoms in total. The number of carboxylic acids is 2. The molecule has 3 atom stereocenters. The summed E-state index contributed by atoms with van der Waals surface area (Å²) in [4.78, 5) is 26.6. The molecule has 1 heterocycles. The predicted molar refractivity (Wildman–Crippen MR) is 96.1 cm³/mol. The Morgan fingerprint density at radius 3 is 2.42 bits per heavy atom. The van der Waals surface area contributed by atoms with Crippen LogP contribution in [0.25, 0.3) is 0 Å². The van der Waals surface area contributed by atoms with Gasteiger partial charge in [-0.05, 0) is 37.1 Å². The van der Waals surface area contributed by atoms with Crippen molar-refractivity contribution in [1.29, 1.82) is 0 Å². The van der Waals surface area contributed by atoms with Gasteiger partial charge in [-0.1, -0.05) is 19.6 Å². The summed E-state index contributed by atoms with van der Waals surface area (Å²) >= 11 is 0. The number of benzene rings is 1.